The van der Waals surface area contributed by atoms with Crippen molar-refractivity contribution in [2.45, 2.75) is 49.7 Å². The predicted molar refractivity (Wildman–Crippen MR) is 154 cm³/mol. The van der Waals surface area contributed by atoms with Crippen molar-refractivity contribution in [2.75, 3.05) is 29.4 Å². The molecular formula is C28H34Cl2N2O3S2. The van der Waals surface area contributed by atoms with Gasteiger partial charge in [0.1, 0.15) is 6.54 Å². The zero-order chi connectivity index (χ0) is 26.2. The van der Waals surface area contributed by atoms with Crippen LogP contribution in [0.25, 0.3) is 0 Å². The summed E-state index contributed by atoms with van der Waals surface area (Å²) in [5, 5.41) is 4.07. The van der Waals surface area contributed by atoms with Gasteiger partial charge in [-0.25, -0.2) is 8.42 Å². The summed E-state index contributed by atoms with van der Waals surface area (Å²) in [5.74, 6) is 3.62. The van der Waals surface area contributed by atoms with E-state index in [0.29, 0.717) is 33.8 Å². The normalized spacial score (nSPS) is 26.3. The van der Waals surface area contributed by atoms with Crippen LogP contribution in [-0.2, 0) is 26.0 Å². The maximum Gasteiger partial charge on any atom is 0.240 e. The molecule has 0 unspecified atom stereocenters. The van der Waals surface area contributed by atoms with E-state index >= 15 is 0 Å². The second-order valence-corrected chi connectivity index (χ2v) is 15.0. The predicted octanol–water partition coefficient (Wildman–Crippen LogP) is 6.28. The third-order valence-electron chi connectivity index (χ3n) is 8.33. The van der Waals surface area contributed by atoms with Gasteiger partial charge in [0.15, 0.2) is 0 Å². The minimum absolute atomic E-state index is 0.233. The molecule has 0 atom stereocenters. The third-order valence-corrected chi connectivity index (χ3v) is 11.1. The number of thioether (sulfide) groups is 1. The van der Waals surface area contributed by atoms with Crippen LogP contribution < -0.4 is 9.62 Å². The second kappa shape index (κ2) is 11.0. The molecule has 1 amide bonds. The van der Waals surface area contributed by atoms with Gasteiger partial charge in [0.2, 0.25) is 15.9 Å². The average molecular weight is 582 g/mol. The molecule has 37 heavy (non-hydrogen) atoms. The highest BCUT2D eigenvalue weighted by molar-refractivity contribution is 7.98. The van der Waals surface area contributed by atoms with Crippen LogP contribution in [0.2, 0.25) is 10.0 Å². The molecule has 0 heterocycles. The summed E-state index contributed by atoms with van der Waals surface area (Å²) in [4.78, 5) is 12.6. The van der Waals surface area contributed by atoms with E-state index in [1.807, 2.05) is 18.2 Å². The van der Waals surface area contributed by atoms with Crippen molar-refractivity contribution in [3.05, 3.63) is 63.6 Å². The molecule has 9 heteroatoms. The number of hydrogen-bond donors (Lipinski definition) is 1. The van der Waals surface area contributed by atoms with Crippen molar-refractivity contribution < 1.29 is 13.2 Å². The Hall–Kier alpha value is -1.41. The fraction of sp³-hybridized carbons (Fsp3) is 0.536. The molecule has 4 aliphatic carbocycles. The molecule has 4 bridgehead atoms. The van der Waals surface area contributed by atoms with Gasteiger partial charge in [0.25, 0.3) is 0 Å². The molecule has 4 aliphatic rings. The summed E-state index contributed by atoms with van der Waals surface area (Å²) >= 11 is 13.8. The van der Waals surface area contributed by atoms with E-state index in [1.165, 1.54) is 48.4 Å². The average Bonchev–Trinajstić information content (AvgIpc) is 2.82. The number of benzene rings is 2. The molecule has 2 aromatic carbocycles. The van der Waals surface area contributed by atoms with Crippen LogP contribution in [0.1, 0.15) is 49.7 Å². The molecule has 0 spiro atoms. The first-order valence-electron chi connectivity index (χ1n) is 13.0. The summed E-state index contributed by atoms with van der Waals surface area (Å²) in [7, 11) is -3.61. The SMILES string of the molecule is CS(=O)(=O)N(CC(=O)NCCSCc1ccc(Cl)cc1Cl)c1ccc(C23CC4CC(CC(C4)C2)C3)cc1. The molecule has 0 aliphatic heterocycles. The summed E-state index contributed by atoms with van der Waals surface area (Å²) in [5.41, 5.74) is 3.13. The zero-order valence-corrected chi connectivity index (χ0v) is 24.2. The van der Waals surface area contributed by atoms with Gasteiger partial charge < -0.3 is 5.32 Å². The first kappa shape index (κ1) is 27.2. The van der Waals surface area contributed by atoms with Crippen molar-refractivity contribution in [1.82, 2.24) is 5.32 Å². The second-order valence-electron chi connectivity index (χ2n) is 11.2. The van der Waals surface area contributed by atoms with Crippen molar-refractivity contribution in [3.8, 4) is 0 Å². The highest BCUT2D eigenvalue weighted by Gasteiger charge is 2.51. The number of nitrogens with one attached hydrogen (secondary N) is 1. The van der Waals surface area contributed by atoms with Gasteiger partial charge >= 0.3 is 0 Å². The standard InChI is InChI=1S/C28H34Cl2N2O3S2/c1-37(34,35)32(17-27(33)31-8-9-36-18-22-2-5-24(29)13-26(22)30)25-6-3-23(4-7-25)28-14-19-10-20(15-28)12-21(11-19)16-28/h2-7,13,19-21H,8-12,14-18H2,1H3,(H,31,33). The van der Waals surface area contributed by atoms with Crippen molar-refractivity contribution >= 4 is 56.6 Å². The van der Waals surface area contributed by atoms with Gasteiger partial charge in [-0.2, -0.15) is 11.8 Å². The number of anilines is 1. The van der Waals surface area contributed by atoms with Gasteiger partial charge in [-0.15, -0.1) is 0 Å². The molecular weight excluding hydrogens is 547 g/mol. The van der Waals surface area contributed by atoms with Crippen LogP contribution >= 0.6 is 35.0 Å². The van der Waals surface area contributed by atoms with E-state index in [9.17, 15) is 13.2 Å². The first-order chi connectivity index (χ1) is 17.6. The molecule has 2 aromatic rings. The Labute approximate surface area is 234 Å². The Morgan fingerprint density at radius 1 is 1.03 bits per heavy atom. The first-order valence-corrected chi connectivity index (χ1v) is 16.7. The third kappa shape index (κ3) is 6.26. The molecule has 0 saturated heterocycles. The topological polar surface area (TPSA) is 66.5 Å². The molecule has 0 aromatic heterocycles. The van der Waals surface area contributed by atoms with Crippen LogP contribution in [0.15, 0.2) is 42.5 Å². The quantitative estimate of drug-likeness (QED) is 0.336. The number of carbonyl (C=O) groups excluding carboxylic acids is 1. The van der Waals surface area contributed by atoms with Crippen LogP contribution in [0.3, 0.4) is 0 Å². The fourth-order valence-electron chi connectivity index (χ4n) is 7.12. The van der Waals surface area contributed by atoms with Crippen LogP contribution in [0.4, 0.5) is 5.69 Å². The Morgan fingerprint density at radius 2 is 1.65 bits per heavy atom. The van der Waals surface area contributed by atoms with E-state index in [2.05, 4.69) is 17.4 Å². The Morgan fingerprint density at radius 3 is 2.22 bits per heavy atom. The lowest BCUT2D eigenvalue weighted by atomic mass is 9.48. The van der Waals surface area contributed by atoms with Crippen LogP contribution in [-0.4, -0.2) is 39.4 Å². The molecule has 200 valence electrons. The smallest absolute Gasteiger partial charge is 0.240 e. The summed E-state index contributed by atoms with van der Waals surface area (Å²) in [6.45, 7) is 0.209. The molecule has 5 nitrogen and oxygen atoms in total. The van der Waals surface area contributed by atoms with Gasteiger partial charge in [0.05, 0.1) is 11.9 Å². The summed E-state index contributed by atoms with van der Waals surface area (Å²) < 4.78 is 26.4. The highest BCUT2D eigenvalue weighted by atomic mass is 35.5. The zero-order valence-electron chi connectivity index (χ0n) is 21.1. The number of rotatable bonds is 10. The Kier molecular flexibility index (Phi) is 8.07. The maximum absolute atomic E-state index is 12.6. The number of halogens is 2. The van der Waals surface area contributed by atoms with Gasteiger partial charge in [-0.05, 0) is 97.1 Å². The molecule has 4 saturated carbocycles. The fourth-order valence-corrected chi connectivity index (χ4v) is 9.39. The summed E-state index contributed by atoms with van der Waals surface area (Å²) in [6.07, 6.45) is 9.11. The lowest BCUT2D eigenvalue weighted by molar-refractivity contribution is -0.119. The highest BCUT2D eigenvalue weighted by Crippen LogP contribution is 2.60. The van der Waals surface area contributed by atoms with Crippen LogP contribution in [0.5, 0.6) is 0 Å². The van der Waals surface area contributed by atoms with Crippen LogP contribution in [0, 0.1) is 17.8 Å². The van der Waals surface area contributed by atoms with Gasteiger partial charge in [0, 0.05) is 28.1 Å². The van der Waals surface area contributed by atoms with Gasteiger partial charge in [-0.3, -0.25) is 9.10 Å². The van der Waals surface area contributed by atoms with Crippen molar-refractivity contribution in [3.63, 3.8) is 0 Å². The van der Waals surface area contributed by atoms with E-state index in [1.54, 1.807) is 23.9 Å². The van der Waals surface area contributed by atoms with E-state index in [4.69, 9.17) is 23.2 Å². The van der Waals surface area contributed by atoms with Gasteiger partial charge in [-0.1, -0.05) is 41.4 Å². The lowest BCUT2D eigenvalue weighted by Crippen LogP contribution is -2.48. The number of amides is 1. The minimum atomic E-state index is -3.61. The number of carbonyl (C=O) groups is 1. The monoisotopic (exact) mass is 580 g/mol. The number of hydrogen-bond acceptors (Lipinski definition) is 4. The molecule has 1 N–H and O–H groups in total. The van der Waals surface area contributed by atoms with Crippen molar-refractivity contribution in [2.24, 2.45) is 17.8 Å². The Bertz CT molecular complexity index is 1220. The molecule has 4 fully saturated rings. The minimum Gasteiger partial charge on any atom is -0.354 e. The van der Waals surface area contributed by atoms with E-state index in [0.717, 1.165) is 29.6 Å². The lowest BCUT2D eigenvalue weighted by Gasteiger charge is -2.57. The Balaban J connectivity index is 1.16. The number of sulfonamides is 1. The maximum atomic E-state index is 12.6. The summed E-state index contributed by atoms with van der Waals surface area (Å²) in [6, 6.07) is 13.4. The van der Waals surface area contributed by atoms with E-state index < -0.39 is 10.0 Å². The largest absolute Gasteiger partial charge is 0.354 e. The molecule has 6 rings (SSSR count). The van der Waals surface area contributed by atoms with E-state index in [-0.39, 0.29) is 17.9 Å². The van der Waals surface area contributed by atoms with Crippen molar-refractivity contribution in [1.29, 1.82) is 0 Å². The molecule has 0 radical (unpaired) electrons. The number of nitrogens with zero attached hydrogens (tertiary/aromatic N) is 1.